The van der Waals surface area contributed by atoms with E-state index < -0.39 is 4.92 Å². The summed E-state index contributed by atoms with van der Waals surface area (Å²) in [7, 11) is 0. The molecule has 1 aliphatic rings. The number of hydrogen-bond acceptors (Lipinski definition) is 4. The van der Waals surface area contributed by atoms with Gasteiger partial charge in [-0.3, -0.25) is 15.0 Å². The highest BCUT2D eigenvalue weighted by atomic mass is 35.5. The smallest absolute Gasteiger partial charge is 0.271 e. The third-order valence-electron chi connectivity index (χ3n) is 4.10. The molecule has 23 heavy (non-hydrogen) atoms. The summed E-state index contributed by atoms with van der Waals surface area (Å²) in [6.45, 7) is 4.57. The first-order valence-electron chi connectivity index (χ1n) is 7.58. The number of piperazine rings is 1. The summed E-state index contributed by atoms with van der Waals surface area (Å²) >= 11 is 6.21. The van der Waals surface area contributed by atoms with Gasteiger partial charge in [0.1, 0.15) is 0 Å². The van der Waals surface area contributed by atoms with Crippen LogP contribution in [0.2, 0.25) is 5.02 Å². The molecule has 3 rings (SSSR count). The van der Waals surface area contributed by atoms with Gasteiger partial charge in [0.05, 0.1) is 15.6 Å². The lowest BCUT2D eigenvalue weighted by molar-refractivity contribution is -0.384. The van der Waals surface area contributed by atoms with Crippen LogP contribution in [-0.2, 0) is 6.54 Å². The van der Waals surface area contributed by atoms with Crippen molar-refractivity contribution < 1.29 is 4.92 Å². The minimum atomic E-state index is -0.423. The van der Waals surface area contributed by atoms with Gasteiger partial charge in [-0.1, -0.05) is 41.9 Å². The highest BCUT2D eigenvalue weighted by molar-refractivity contribution is 6.33. The predicted molar refractivity (Wildman–Crippen MR) is 92.0 cm³/mol. The van der Waals surface area contributed by atoms with E-state index in [4.69, 9.17) is 11.6 Å². The summed E-state index contributed by atoms with van der Waals surface area (Å²) in [6.07, 6.45) is 0. The van der Waals surface area contributed by atoms with Crippen molar-refractivity contribution in [2.24, 2.45) is 0 Å². The van der Waals surface area contributed by atoms with E-state index in [-0.39, 0.29) is 5.69 Å². The fourth-order valence-corrected chi connectivity index (χ4v) is 3.15. The van der Waals surface area contributed by atoms with Crippen molar-refractivity contribution in [2.45, 2.75) is 6.54 Å². The Kier molecular flexibility index (Phi) is 4.79. The van der Waals surface area contributed by atoms with Crippen LogP contribution >= 0.6 is 11.6 Å². The van der Waals surface area contributed by atoms with Crippen molar-refractivity contribution in [3.63, 3.8) is 0 Å². The molecule has 1 fully saturated rings. The molecular weight excluding hydrogens is 314 g/mol. The second kappa shape index (κ2) is 6.98. The molecule has 1 saturated heterocycles. The number of halogens is 1. The second-order valence-corrected chi connectivity index (χ2v) is 6.05. The molecule has 0 saturated carbocycles. The minimum Gasteiger partial charge on any atom is -0.368 e. The van der Waals surface area contributed by atoms with Crippen LogP contribution in [0.1, 0.15) is 5.56 Å². The van der Waals surface area contributed by atoms with Crippen molar-refractivity contribution in [1.29, 1.82) is 0 Å². The third kappa shape index (κ3) is 3.81. The van der Waals surface area contributed by atoms with E-state index in [0.717, 1.165) is 38.4 Å². The molecule has 0 atom stereocenters. The van der Waals surface area contributed by atoms with Gasteiger partial charge in [0, 0.05) is 44.9 Å². The highest BCUT2D eigenvalue weighted by Gasteiger charge is 2.20. The Hall–Kier alpha value is -2.11. The average Bonchev–Trinajstić information content (AvgIpc) is 2.56. The zero-order chi connectivity index (χ0) is 16.2. The maximum absolute atomic E-state index is 10.8. The Morgan fingerprint density at radius 1 is 1.04 bits per heavy atom. The Morgan fingerprint density at radius 3 is 2.35 bits per heavy atom. The lowest BCUT2D eigenvalue weighted by Gasteiger charge is -2.36. The van der Waals surface area contributed by atoms with Crippen molar-refractivity contribution in [2.75, 3.05) is 31.1 Å². The van der Waals surface area contributed by atoms with Gasteiger partial charge in [-0.15, -0.1) is 0 Å². The monoisotopic (exact) mass is 331 g/mol. The first kappa shape index (κ1) is 15.8. The van der Waals surface area contributed by atoms with Crippen LogP contribution in [0.15, 0.2) is 48.5 Å². The van der Waals surface area contributed by atoms with E-state index >= 15 is 0 Å². The van der Waals surface area contributed by atoms with Crippen LogP contribution in [0.25, 0.3) is 0 Å². The van der Waals surface area contributed by atoms with Crippen LogP contribution in [0.5, 0.6) is 0 Å². The summed E-state index contributed by atoms with van der Waals surface area (Å²) in [6, 6.07) is 15.1. The molecule has 0 unspecified atom stereocenters. The molecule has 0 bridgehead atoms. The molecule has 6 heteroatoms. The van der Waals surface area contributed by atoms with E-state index in [1.54, 1.807) is 6.07 Å². The lowest BCUT2D eigenvalue weighted by atomic mass is 10.2. The Labute approximate surface area is 140 Å². The van der Waals surface area contributed by atoms with Crippen LogP contribution in [-0.4, -0.2) is 36.0 Å². The van der Waals surface area contributed by atoms with E-state index in [0.29, 0.717) is 5.02 Å². The topological polar surface area (TPSA) is 49.6 Å². The van der Waals surface area contributed by atoms with E-state index in [1.807, 2.05) is 6.07 Å². The largest absolute Gasteiger partial charge is 0.368 e. The molecule has 5 nitrogen and oxygen atoms in total. The molecule has 0 radical (unpaired) electrons. The standard InChI is InChI=1S/C17H18ClN3O2/c18-16-12-15(21(22)23)6-7-17(16)20-10-8-19(9-11-20)13-14-4-2-1-3-5-14/h1-7,12H,8-11,13H2. The van der Waals surface area contributed by atoms with E-state index in [1.165, 1.54) is 17.7 Å². The van der Waals surface area contributed by atoms with Gasteiger partial charge >= 0.3 is 0 Å². The maximum atomic E-state index is 10.8. The first-order chi connectivity index (χ1) is 11.1. The Bertz CT molecular complexity index is 685. The minimum absolute atomic E-state index is 0.0291. The fraction of sp³-hybridized carbons (Fsp3) is 0.294. The van der Waals surface area contributed by atoms with Gasteiger partial charge in [0.2, 0.25) is 0 Å². The van der Waals surface area contributed by atoms with E-state index in [2.05, 4.69) is 34.1 Å². The summed E-state index contributed by atoms with van der Waals surface area (Å²) in [5.41, 5.74) is 2.22. The van der Waals surface area contributed by atoms with Gasteiger partial charge in [-0.25, -0.2) is 0 Å². The van der Waals surface area contributed by atoms with Crippen molar-refractivity contribution in [3.05, 3.63) is 69.2 Å². The quantitative estimate of drug-likeness (QED) is 0.635. The van der Waals surface area contributed by atoms with Gasteiger partial charge in [-0.05, 0) is 11.6 Å². The molecule has 0 aromatic heterocycles. The SMILES string of the molecule is O=[N+]([O-])c1ccc(N2CCN(Cc3ccccc3)CC2)c(Cl)c1. The molecule has 120 valence electrons. The van der Waals surface area contributed by atoms with Crippen LogP contribution in [0, 0.1) is 10.1 Å². The van der Waals surface area contributed by atoms with Gasteiger partial charge in [0.15, 0.2) is 0 Å². The van der Waals surface area contributed by atoms with Crippen LogP contribution < -0.4 is 4.90 Å². The lowest BCUT2D eigenvalue weighted by Crippen LogP contribution is -2.46. The third-order valence-corrected chi connectivity index (χ3v) is 4.41. The summed E-state index contributed by atoms with van der Waals surface area (Å²) in [5.74, 6) is 0. The number of benzene rings is 2. The number of hydrogen-bond donors (Lipinski definition) is 0. The Balaban J connectivity index is 1.62. The highest BCUT2D eigenvalue weighted by Crippen LogP contribution is 2.30. The van der Waals surface area contributed by atoms with Crippen LogP contribution in [0.4, 0.5) is 11.4 Å². The fourth-order valence-electron chi connectivity index (χ4n) is 2.85. The molecule has 2 aromatic rings. The van der Waals surface area contributed by atoms with Crippen LogP contribution in [0.3, 0.4) is 0 Å². The molecule has 0 N–H and O–H groups in total. The zero-order valence-corrected chi connectivity index (χ0v) is 13.4. The van der Waals surface area contributed by atoms with Crippen molar-refractivity contribution >= 4 is 23.0 Å². The number of nitro benzene ring substituents is 1. The summed E-state index contributed by atoms with van der Waals surface area (Å²) in [4.78, 5) is 15.0. The van der Waals surface area contributed by atoms with Gasteiger partial charge < -0.3 is 4.90 Å². The molecule has 2 aromatic carbocycles. The van der Waals surface area contributed by atoms with Gasteiger partial charge in [0.25, 0.3) is 5.69 Å². The first-order valence-corrected chi connectivity index (χ1v) is 7.96. The average molecular weight is 332 g/mol. The van der Waals surface area contributed by atoms with Crippen molar-refractivity contribution in [1.82, 2.24) is 4.90 Å². The van der Waals surface area contributed by atoms with Crippen molar-refractivity contribution in [3.8, 4) is 0 Å². The number of nitro groups is 1. The second-order valence-electron chi connectivity index (χ2n) is 5.64. The molecule has 0 aliphatic carbocycles. The molecular formula is C17H18ClN3O2. The number of rotatable bonds is 4. The number of anilines is 1. The normalized spacial score (nSPS) is 15.6. The van der Waals surface area contributed by atoms with Gasteiger partial charge in [-0.2, -0.15) is 0 Å². The number of nitrogens with zero attached hydrogens (tertiary/aromatic N) is 3. The molecule has 1 aliphatic heterocycles. The number of non-ortho nitro benzene ring substituents is 1. The summed E-state index contributed by atoms with van der Waals surface area (Å²) < 4.78 is 0. The molecule has 0 amide bonds. The summed E-state index contributed by atoms with van der Waals surface area (Å²) in [5, 5.41) is 11.2. The molecule has 0 spiro atoms. The molecule has 1 heterocycles. The zero-order valence-electron chi connectivity index (χ0n) is 12.7. The maximum Gasteiger partial charge on any atom is 0.271 e. The Morgan fingerprint density at radius 2 is 1.74 bits per heavy atom. The van der Waals surface area contributed by atoms with E-state index in [9.17, 15) is 10.1 Å². The predicted octanol–water partition coefficient (Wildman–Crippen LogP) is 3.57.